The van der Waals surface area contributed by atoms with Crippen molar-refractivity contribution in [2.24, 2.45) is 0 Å². The first-order valence-corrected chi connectivity index (χ1v) is 10.9. The van der Waals surface area contributed by atoms with E-state index in [4.69, 9.17) is 10.00 Å². The lowest BCUT2D eigenvalue weighted by Crippen LogP contribution is -2.35. The Kier molecular flexibility index (Phi) is 5.14. The molecule has 3 aromatic rings. The first kappa shape index (κ1) is 19.2. The van der Waals surface area contributed by atoms with Gasteiger partial charge in [0, 0.05) is 35.8 Å². The molecule has 0 spiro atoms. The van der Waals surface area contributed by atoms with Gasteiger partial charge in [0.1, 0.15) is 5.75 Å². The largest absolute Gasteiger partial charge is 0.497 e. The number of sulfonamides is 1. The molecule has 148 valence electrons. The summed E-state index contributed by atoms with van der Waals surface area (Å²) >= 11 is 0. The maximum absolute atomic E-state index is 12.8. The van der Waals surface area contributed by atoms with Crippen molar-refractivity contribution < 1.29 is 13.2 Å². The molecule has 0 bridgehead atoms. The Balaban J connectivity index is 1.54. The van der Waals surface area contributed by atoms with Gasteiger partial charge < -0.3 is 9.72 Å². The Morgan fingerprint density at radius 3 is 2.83 bits per heavy atom. The van der Waals surface area contributed by atoms with Crippen LogP contribution in [0.1, 0.15) is 23.1 Å². The molecule has 2 aromatic carbocycles. The number of hydrogen-bond donors (Lipinski definition) is 1. The van der Waals surface area contributed by atoms with Gasteiger partial charge in [-0.15, -0.1) is 0 Å². The van der Waals surface area contributed by atoms with E-state index in [1.54, 1.807) is 31.4 Å². The fraction of sp³-hybridized carbons (Fsp3) is 0.227. The predicted octanol–water partition coefficient (Wildman–Crippen LogP) is 3.67. The lowest BCUT2D eigenvalue weighted by atomic mass is 9.99. The lowest BCUT2D eigenvalue weighted by Gasteiger charge is -2.26. The highest BCUT2D eigenvalue weighted by Crippen LogP contribution is 2.32. The van der Waals surface area contributed by atoms with Crippen molar-refractivity contribution in [1.82, 2.24) is 9.29 Å². The molecule has 2 heterocycles. The van der Waals surface area contributed by atoms with Gasteiger partial charge in [-0.1, -0.05) is 18.2 Å². The van der Waals surface area contributed by atoms with Gasteiger partial charge in [-0.3, -0.25) is 0 Å². The van der Waals surface area contributed by atoms with E-state index in [0.29, 0.717) is 30.6 Å². The van der Waals surface area contributed by atoms with Gasteiger partial charge in [-0.05, 0) is 47.9 Å². The summed E-state index contributed by atoms with van der Waals surface area (Å²) in [5.41, 5.74) is 4.32. The summed E-state index contributed by atoms with van der Waals surface area (Å²) in [5.74, 6) is 0.689. The number of H-pyrrole nitrogens is 1. The van der Waals surface area contributed by atoms with Crippen LogP contribution in [0.3, 0.4) is 0 Å². The highest BCUT2D eigenvalue weighted by Gasteiger charge is 2.25. The van der Waals surface area contributed by atoms with E-state index in [1.807, 2.05) is 36.5 Å². The first-order chi connectivity index (χ1) is 14.0. The van der Waals surface area contributed by atoms with Crippen LogP contribution in [0, 0.1) is 11.3 Å². The van der Waals surface area contributed by atoms with Crippen LogP contribution in [0.2, 0.25) is 0 Å². The fourth-order valence-electron chi connectivity index (χ4n) is 3.67. The molecular formula is C22H21N3O3S. The maximum Gasteiger partial charge on any atom is 0.218 e. The number of aromatic amines is 1. The van der Waals surface area contributed by atoms with Crippen LogP contribution in [0.25, 0.3) is 16.5 Å². The average molecular weight is 407 g/mol. The predicted molar refractivity (Wildman–Crippen MR) is 113 cm³/mol. The van der Waals surface area contributed by atoms with Crippen LogP contribution < -0.4 is 4.74 Å². The summed E-state index contributed by atoms with van der Waals surface area (Å²) in [6.07, 6.45) is 4.59. The summed E-state index contributed by atoms with van der Waals surface area (Å²) in [6, 6.07) is 14.7. The first-order valence-electron chi connectivity index (χ1n) is 9.31. The molecular weight excluding hydrogens is 386 g/mol. The molecule has 1 aliphatic heterocycles. The number of fused-ring (bicyclic) bond motifs is 1. The standard InChI is InChI=1S/C22H21N3O3S/c1-28-19-5-6-22-20(12-19)21(14-24-22)18-7-9-25(10-8-18)29(26,27)15-17-4-2-3-16(11-17)13-23/h2-7,11-12,14,24H,8-10,15H2,1H3. The van der Waals surface area contributed by atoms with E-state index < -0.39 is 10.0 Å². The summed E-state index contributed by atoms with van der Waals surface area (Å²) in [4.78, 5) is 3.27. The molecule has 7 heteroatoms. The number of methoxy groups -OCH3 is 1. The molecule has 6 nitrogen and oxygen atoms in total. The second-order valence-electron chi connectivity index (χ2n) is 7.02. The maximum atomic E-state index is 12.8. The van der Waals surface area contributed by atoms with E-state index >= 15 is 0 Å². The van der Waals surface area contributed by atoms with Crippen molar-refractivity contribution in [1.29, 1.82) is 5.26 Å². The van der Waals surface area contributed by atoms with Gasteiger partial charge in [-0.25, -0.2) is 8.42 Å². The van der Waals surface area contributed by atoms with E-state index in [2.05, 4.69) is 4.98 Å². The van der Waals surface area contributed by atoms with Crippen molar-refractivity contribution >= 4 is 26.5 Å². The molecule has 0 aliphatic carbocycles. The van der Waals surface area contributed by atoms with E-state index in [1.165, 1.54) is 4.31 Å². The average Bonchev–Trinajstić information content (AvgIpc) is 3.16. The Labute approximate surface area is 170 Å². The molecule has 0 amide bonds. The topological polar surface area (TPSA) is 86.2 Å². The highest BCUT2D eigenvalue weighted by molar-refractivity contribution is 7.88. The Morgan fingerprint density at radius 1 is 1.24 bits per heavy atom. The van der Waals surface area contributed by atoms with Gasteiger partial charge in [0.25, 0.3) is 0 Å². The zero-order valence-electron chi connectivity index (χ0n) is 16.1. The summed E-state index contributed by atoms with van der Waals surface area (Å²) < 4.78 is 32.5. The molecule has 29 heavy (non-hydrogen) atoms. The number of benzene rings is 2. The number of aromatic nitrogens is 1. The summed E-state index contributed by atoms with van der Waals surface area (Å²) in [5, 5.41) is 10.1. The van der Waals surface area contributed by atoms with Crippen molar-refractivity contribution in [2.75, 3.05) is 20.2 Å². The van der Waals surface area contributed by atoms with Crippen molar-refractivity contribution in [3.8, 4) is 11.8 Å². The molecule has 4 rings (SSSR count). The Hall–Kier alpha value is -3.08. The minimum atomic E-state index is -3.46. The molecule has 1 aromatic heterocycles. The number of nitrogens with zero attached hydrogens (tertiary/aromatic N) is 2. The number of ether oxygens (including phenoxy) is 1. The normalized spacial score (nSPS) is 15.1. The molecule has 0 saturated heterocycles. The summed E-state index contributed by atoms with van der Waals surface area (Å²) in [7, 11) is -1.81. The third-order valence-electron chi connectivity index (χ3n) is 5.21. The zero-order valence-corrected chi connectivity index (χ0v) is 16.9. The minimum absolute atomic E-state index is 0.101. The SMILES string of the molecule is COc1ccc2[nH]cc(C3=CCN(S(=O)(=O)Cc4cccc(C#N)c4)CC3)c2c1. The van der Waals surface area contributed by atoms with Gasteiger partial charge in [0.15, 0.2) is 0 Å². The zero-order chi connectivity index (χ0) is 20.4. The third-order valence-corrected chi connectivity index (χ3v) is 7.02. The molecule has 0 radical (unpaired) electrons. The van der Waals surface area contributed by atoms with Gasteiger partial charge in [0.05, 0.1) is 24.5 Å². The minimum Gasteiger partial charge on any atom is -0.497 e. The quantitative estimate of drug-likeness (QED) is 0.699. The van der Waals surface area contributed by atoms with E-state index in [9.17, 15) is 8.42 Å². The third kappa shape index (κ3) is 3.90. The van der Waals surface area contributed by atoms with Crippen LogP contribution in [0.15, 0.2) is 54.7 Å². The molecule has 0 unspecified atom stereocenters. The summed E-state index contributed by atoms with van der Waals surface area (Å²) in [6.45, 7) is 0.773. The smallest absolute Gasteiger partial charge is 0.218 e. The highest BCUT2D eigenvalue weighted by atomic mass is 32.2. The number of nitriles is 1. The second kappa shape index (κ2) is 7.74. The Bertz CT molecular complexity index is 1240. The number of rotatable bonds is 5. The molecule has 1 N–H and O–H groups in total. The van der Waals surface area contributed by atoms with E-state index in [0.717, 1.165) is 27.8 Å². The second-order valence-corrected chi connectivity index (χ2v) is 8.99. The Morgan fingerprint density at radius 2 is 2.10 bits per heavy atom. The van der Waals surface area contributed by atoms with Crippen molar-refractivity contribution in [2.45, 2.75) is 12.2 Å². The van der Waals surface area contributed by atoms with Gasteiger partial charge in [-0.2, -0.15) is 9.57 Å². The van der Waals surface area contributed by atoms with Gasteiger partial charge >= 0.3 is 0 Å². The lowest BCUT2D eigenvalue weighted by molar-refractivity contribution is 0.415. The van der Waals surface area contributed by atoms with Crippen LogP contribution in [0.4, 0.5) is 0 Å². The van der Waals surface area contributed by atoms with Crippen LogP contribution >= 0.6 is 0 Å². The van der Waals surface area contributed by atoms with Crippen molar-refractivity contribution in [3.05, 3.63) is 71.4 Å². The van der Waals surface area contributed by atoms with Crippen LogP contribution in [-0.2, 0) is 15.8 Å². The molecule has 1 aliphatic rings. The van der Waals surface area contributed by atoms with Crippen LogP contribution in [-0.4, -0.2) is 37.9 Å². The van der Waals surface area contributed by atoms with Gasteiger partial charge in [0.2, 0.25) is 10.0 Å². The fourth-order valence-corrected chi connectivity index (χ4v) is 5.13. The molecule has 0 saturated carbocycles. The monoisotopic (exact) mass is 407 g/mol. The van der Waals surface area contributed by atoms with Crippen LogP contribution in [0.5, 0.6) is 5.75 Å². The molecule has 0 fully saturated rings. The van der Waals surface area contributed by atoms with E-state index in [-0.39, 0.29) is 5.75 Å². The van der Waals surface area contributed by atoms with Crippen molar-refractivity contribution in [3.63, 3.8) is 0 Å². The number of nitrogens with one attached hydrogen (secondary N) is 1. The molecule has 0 atom stereocenters. The number of hydrogen-bond acceptors (Lipinski definition) is 4.